The molecule has 1 aromatic heterocycles. The molecule has 0 radical (unpaired) electrons. The molecule has 0 saturated carbocycles. The second-order valence-corrected chi connectivity index (χ2v) is 3.96. The Morgan fingerprint density at radius 2 is 2.35 bits per heavy atom. The van der Waals surface area contributed by atoms with Crippen LogP contribution in [0.1, 0.15) is 18.0 Å². The standard InChI is InChI=1S/C10H14F2N4O/c1-17-9-8(13)16-7(5-15-9)6-4-14-3-2-10(6,11)12/h5-6,14H,2-4H2,1H3,(H2,13,16). The van der Waals surface area contributed by atoms with E-state index in [1.807, 2.05) is 0 Å². The van der Waals surface area contributed by atoms with Crippen LogP contribution in [0.3, 0.4) is 0 Å². The van der Waals surface area contributed by atoms with Crippen LogP contribution in [0.4, 0.5) is 14.6 Å². The monoisotopic (exact) mass is 244 g/mol. The Morgan fingerprint density at radius 3 is 2.94 bits per heavy atom. The first-order chi connectivity index (χ1) is 8.04. The van der Waals surface area contributed by atoms with Gasteiger partial charge >= 0.3 is 0 Å². The van der Waals surface area contributed by atoms with Crippen molar-refractivity contribution in [3.05, 3.63) is 11.9 Å². The highest BCUT2D eigenvalue weighted by Gasteiger charge is 2.43. The molecule has 5 nitrogen and oxygen atoms in total. The number of anilines is 1. The molecule has 1 aromatic rings. The molecule has 0 aliphatic carbocycles. The van der Waals surface area contributed by atoms with Crippen LogP contribution in [0, 0.1) is 0 Å². The van der Waals surface area contributed by atoms with Gasteiger partial charge in [0, 0.05) is 19.5 Å². The molecular formula is C10H14F2N4O. The number of halogens is 2. The van der Waals surface area contributed by atoms with E-state index in [2.05, 4.69) is 15.3 Å². The number of aromatic nitrogens is 2. The highest BCUT2D eigenvalue weighted by atomic mass is 19.3. The molecule has 94 valence electrons. The molecule has 17 heavy (non-hydrogen) atoms. The first kappa shape index (κ1) is 12.0. The van der Waals surface area contributed by atoms with Gasteiger partial charge in [-0.05, 0) is 0 Å². The van der Waals surface area contributed by atoms with E-state index < -0.39 is 11.8 Å². The van der Waals surface area contributed by atoms with Gasteiger partial charge in [-0.2, -0.15) is 0 Å². The van der Waals surface area contributed by atoms with Gasteiger partial charge in [0.15, 0.2) is 5.82 Å². The van der Waals surface area contributed by atoms with Gasteiger partial charge in [0.25, 0.3) is 11.8 Å². The van der Waals surface area contributed by atoms with Crippen LogP contribution in [-0.2, 0) is 0 Å². The van der Waals surface area contributed by atoms with Crippen LogP contribution in [0.2, 0.25) is 0 Å². The fourth-order valence-electron chi connectivity index (χ4n) is 1.88. The van der Waals surface area contributed by atoms with Crippen LogP contribution in [-0.4, -0.2) is 36.1 Å². The summed E-state index contributed by atoms with van der Waals surface area (Å²) in [6.07, 6.45) is 1.09. The Kier molecular flexibility index (Phi) is 3.10. The van der Waals surface area contributed by atoms with E-state index in [1.54, 1.807) is 0 Å². The molecule has 1 aliphatic heterocycles. The summed E-state index contributed by atoms with van der Waals surface area (Å²) in [5.74, 6) is -3.58. The molecule has 1 unspecified atom stereocenters. The number of piperidine rings is 1. The fraction of sp³-hybridized carbons (Fsp3) is 0.600. The number of nitrogen functional groups attached to an aromatic ring is 1. The maximum Gasteiger partial charge on any atom is 0.258 e. The summed E-state index contributed by atoms with van der Waals surface area (Å²) in [5, 5.41) is 2.92. The molecule has 1 saturated heterocycles. The molecule has 0 bridgehead atoms. The number of ether oxygens (including phenoxy) is 1. The van der Waals surface area contributed by atoms with E-state index in [-0.39, 0.29) is 30.4 Å². The Morgan fingerprint density at radius 1 is 1.59 bits per heavy atom. The van der Waals surface area contributed by atoms with Crippen molar-refractivity contribution in [2.75, 3.05) is 25.9 Å². The molecule has 0 aromatic carbocycles. The molecule has 2 rings (SSSR count). The average molecular weight is 244 g/mol. The van der Waals surface area contributed by atoms with Crippen molar-refractivity contribution in [1.29, 1.82) is 0 Å². The van der Waals surface area contributed by atoms with Crippen LogP contribution in [0.5, 0.6) is 5.88 Å². The largest absolute Gasteiger partial charge is 0.478 e. The van der Waals surface area contributed by atoms with Gasteiger partial charge in [-0.3, -0.25) is 0 Å². The Labute approximate surface area is 97.4 Å². The van der Waals surface area contributed by atoms with E-state index in [0.29, 0.717) is 6.54 Å². The molecule has 1 fully saturated rings. The highest BCUT2D eigenvalue weighted by molar-refractivity contribution is 5.41. The van der Waals surface area contributed by atoms with Crippen LogP contribution >= 0.6 is 0 Å². The SMILES string of the molecule is COc1ncc(C2CNCCC2(F)F)nc1N. The van der Waals surface area contributed by atoms with Crippen LogP contribution in [0.25, 0.3) is 0 Å². The number of nitrogens with zero attached hydrogens (tertiary/aromatic N) is 2. The third kappa shape index (κ3) is 2.28. The van der Waals surface area contributed by atoms with Gasteiger partial charge in [-0.15, -0.1) is 0 Å². The third-order valence-corrected chi connectivity index (χ3v) is 2.83. The van der Waals surface area contributed by atoms with Gasteiger partial charge in [-0.1, -0.05) is 0 Å². The van der Waals surface area contributed by atoms with Gasteiger partial charge < -0.3 is 15.8 Å². The molecule has 3 N–H and O–H groups in total. The van der Waals surface area contributed by atoms with E-state index in [1.165, 1.54) is 13.3 Å². The molecule has 1 aliphatic rings. The van der Waals surface area contributed by atoms with Crippen LogP contribution in [0.15, 0.2) is 6.20 Å². The maximum absolute atomic E-state index is 13.7. The van der Waals surface area contributed by atoms with Crippen molar-refractivity contribution in [2.45, 2.75) is 18.3 Å². The van der Waals surface area contributed by atoms with Gasteiger partial charge in [0.2, 0.25) is 0 Å². The number of nitrogens with two attached hydrogens (primary N) is 1. The van der Waals surface area contributed by atoms with Crippen molar-refractivity contribution in [2.24, 2.45) is 0 Å². The first-order valence-electron chi connectivity index (χ1n) is 5.29. The van der Waals surface area contributed by atoms with Gasteiger partial charge in [0.1, 0.15) is 0 Å². The lowest BCUT2D eigenvalue weighted by Gasteiger charge is -2.31. The maximum atomic E-state index is 13.7. The number of hydrogen-bond acceptors (Lipinski definition) is 5. The molecular weight excluding hydrogens is 230 g/mol. The minimum absolute atomic E-state index is 0.0337. The lowest BCUT2D eigenvalue weighted by atomic mass is 9.92. The third-order valence-electron chi connectivity index (χ3n) is 2.83. The second kappa shape index (κ2) is 4.40. The first-order valence-corrected chi connectivity index (χ1v) is 5.29. The summed E-state index contributed by atoms with van der Waals surface area (Å²) < 4.78 is 32.2. The quantitative estimate of drug-likeness (QED) is 0.804. The smallest absolute Gasteiger partial charge is 0.258 e. The number of methoxy groups -OCH3 is 1. The number of rotatable bonds is 2. The van der Waals surface area contributed by atoms with Crippen molar-refractivity contribution in [3.63, 3.8) is 0 Å². The zero-order valence-corrected chi connectivity index (χ0v) is 9.41. The van der Waals surface area contributed by atoms with Gasteiger partial charge in [-0.25, -0.2) is 18.7 Å². The van der Waals surface area contributed by atoms with Gasteiger partial charge in [0.05, 0.1) is 24.9 Å². The predicted octanol–water partition coefficient (Wildman–Crippen LogP) is 0.780. The van der Waals surface area contributed by atoms with Crippen molar-refractivity contribution < 1.29 is 13.5 Å². The Balaban J connectivity index is 2.30. The lowest BCUT2D eigenvalue weighted by Crippen LogP contribution is -2.43. The summed E-state index contributed by atoms with van der Waals surface area (Å²) >= 11 is 0. The minimum Gasteiger partial charge on any atom is -0.478 e. The summed E-state index contributed by atoms with van der Waals surface area (Å²) in [7, 11) is 1.40. The molecule has 1 atom stereocenters. The zero-order valence-electron chi connectivity index (χ0n) is 9.41. The average Bonchev–Trinajstić information content (AvgIpc) is 2.28. The highest BCUT2D eigenvalue weighted by Crippen LogP contribution is 2.37. The number of hydrogen-bond donors (Lipinski definition) is 2. The summed E-state index contributed by atoms with van der Waals surface area (Å²) in [6, 6.07) is 0. The van der Waals surface area contributed by atoms with Crippen LogP contribution < -0.4 is 15.8 Å². The lowest BCUT2D eigenvalue weighted by molar-refractivity contribution is -0.0491. The molecule has 2 heterocycles. The molecule has 0 spiro atoms. The molecule has 0 amide bonds. The predicted molar refractivity (Wildman–Crippen MR) is 58.2 cm³/mol. The van der Waals surface area contributed by atoms with E-state index >= 15 is 0 Å². The van der Waals surface area contributed by atoms with E-state index in [0.717, 1.165) is 0 Å². The topological polar surface area (TPSA) is 73.1 Å². The summed E-state index contributed by atoms with van der Waals surface area (Å²) in [6.45, 7) is 0.482. The van der Waals surface area contributed by atoms with E-state index in [4.69, 9.17) is 10.5 Å². The number of nitrogens with one attached hydrogen (secondary N) is 1. The second-order valence-electron chi connectivity index (χ2n) is 3.96. The Hall–Kier alpha value is -1.50. The minimum atomic E-state index is -2.78. The number of alkyl halides is 2. The summed E-state index contributed by atoms with van der Waals surface area (Å²) in [4.78, 5) is 7.80. The zero-order chi connectivity index (χ0) is 12.5. The van der Waals surface area contributed by atoms with Crippen molar-refractivity contribution >= 4 is 5.82 Å². The van der Waals surface area contributed by atoms with E-state index in [9.17, 15) is 8.78 Å². The summed E-state index contributed by atoms with van der Waals surface area (Å²) in [5.41, 5.74) is 5.76. The molecule has 7 heteroatoms. The normalized spacial score (nSPS) is 23.4. The van der Waals surface area contributed by atoms with Crippen molar-refractivity contribution in [1.82, 2.24) is 15.3 Å². The van der Waals surface area contributed by atoms with Crippen molar-refractivity contribution in [3.8, 4) is 5.88 Å². The Bertz CT molecular complexity index is 413. The fourth-order valence-corrected chi connectivity index (χ4v) is 1.88.